The molecule has 0 aliphatic carbocycles. The highest BCUT2D eigenvalue weighted by Crippen LogP contribution is 2.42. The van der Waals surface area contributed by atoms with Gasteiger partial charge in [-0.15, -0.1) is 0 Å². The number of hydrogen-bond donors (Lipinski definition) is 1. The molecule has 2 aliphatic heterocycles. The van der Waals surface area contributed by atoms with Crippen LogP contribution in [0.1, 0.15) is 23.7 Å². The predicted molar refractivity (Wildman–Crippen MR) is 120 cm³/mol. The molecular formula is C24H24N4O4. The Labute approximate surface area is 185 Å². The van der Waals surface area contributed by atoms with Crippen LogP contribution in [0.25, 0.3) is 10.9 Å². The van der Waals surface area contributed by atoms with Gasteiger partial charge >= 0.3 is 0 Å². The van der Waals surface area contributed by atoms with Crippen molar-refractivity contribution >= 4 is 28.9 Å². The summed E-state index contributed by atoms with van der Waals surface area (Å²) in [6, 6.07) is 13.4. The summed E-state index contributed by atoms with van der Waals surface area (Å²) in [5.41, 5.74) is 2.32. The Bertz CT molecular complexity index is 1260. The van der Waals surface area contributed by atoms with Gasteiger partial charge in [0, 0.05) is 23.0 Å². The van der Waals surface area contributed by atoms with Crippen LogP contribution in [-0.2, 0) is 21.5 Å². The van der Waals surface area contributed by atoms with Crippen molar-refractivity contribution in [2.75, 3.05) is 27.3 Å². The average molecular weight is 432 g/mol. The zero-order valence-corrected chi connectivity index (χ0v) is 18.2. The van der Waals surface area contributed by atoms with Gasteiger partial charge in [-0.2, -0.15) is 5.10 Å². The summed E-state index contributed by atoms with van der Waals surface area (Å²) in [6.07, 6.45) is 2.23. The molecule has 2 aliphatic rings. The van der Waals surface area contributed by atoms with Crippen molar-refractivity contribution in [2.45, 2.75) is 18.9 Å². The van der Waals surface area contributed by atoms with Crippen molar-refractivity contribution < 1.29 is 19.1 Å². The molecule has 1 N–H and O–H groups in total. The summed E-state index contributed by atoms with van der Waals surface area (Å²) >= 11 is 0. The van der Waals surface area contributed by atoms with Crippen LogP contribution in [0.15, 0.2) is 47.6 Å². The second-order valence-electron chi connectivity index (χ2n) is 8.08. The smallest absolute Gasteiger partial charge is 0.275 e. The average Bonchev–Trinajstić information content (AvgIpc) is 3.20. The number of rotatable bonds is 4. The van der Waals surface area contributed by atoms with E-state index in [2.05, 4.69) is 10.1 Å². The minimum atomic E-state index is -1.14. The number of nitrogens with zero attached hydrogens (tertiary/aromatic N) is 3. The molecule has 0 saturated carbocycles. The lowest BCUT2D eigenvalue weighted by molar-refractivity contribution is -0.165. The Hall–Kier alpha value is -3.81. The van der Waals surface area contributed by atoms with Gasteiger partial charge in [0.2, 0.25) is 5.91 Å². The van der Waals surface area contributed by atoms with Gasteiger partial charge in [0.1, 0.15) is 6.54 Å². The maximum atomic E-state index is 13.7. The van der Waals surface area contributed by atoms with E-state index in [1.807, 2.05) is 36.4 Å². The molecule has 3 heterocycles. The number of benzene rings is 2. The maximum Gasteiger partial charge on any atom is 0.275 e. The minimum absolute atomic E-state index is 0.104. The zero-order chi connectivity index (χ0) is 22.5. The number of piperazine rings is 1. The number of hydrazone groups is 1. The Morgan fingerprint density at radius 2 is 1.91 bits per heavy atom. The number of fused-ring (bicyclic) bond motifs is 5. The van der Waals surface area contributed by atoms with Crippen molar-refractivity contribution in [1.82, 2.24) is 14.9 Å². The number of methoxy groups -OCH3 is 2. The fourth-order valence-corrected chi connectivity index (χ4v) is 4.83. The third-order valence-electron chi connectivity index (χ3n) is 6.43. The van der Waals surface area contributed by atoms with Crippen LogP contribution in [-0.4, -0.2) is 60.2 Å². The van der Waals surface area contributed by atoms with Crippen molar-refractivity contribution in [3.05, 3.63) is 59.3 Å². The largest absolute Gasteiger partial charge is 0.493 e. The van der Waals surface area contributed by atoms with Gasteiger partial charge in [0.05, 0.1) is 26.1 Å². The molecule has 3 aromatic rings. The van der Waals surface area contributed by atoms with E-state index in [0.29, 0.717) is 30.0 Å². The number of aromatic amines is 1. The van der Waals surface area contributed by atoms with Crippen LogP contribution in [0.5, 0.6) is 11.5 Å². The van der Waals surface area contributed by atoms with Crippen LogP contribution >= 0.6 is 0 Å². The third-order valence-corrected chi connectivity index (χ3v) is 6.43. The van der Waals surface area contributed by atoms with E-state index < -0.39 is 5.54 Å². The first kappa shape index (κ1) is 20.1. The van der Waals surface area contributed by atoms with Crippen molar-refractivity contribution in [3.8, 4) is 11.5 Å². The lowest BCUT2D eigenvalue weighted by Gasteiger charge is -2.48. The number of aromatic nitrogens is 1. The normalized spacial score (nSPS) is 20.6. The second-order valence-corrected chi connectivity index (χ2v) is 8.08. The highest BCUT2D eigenvalue weighted by atomic mass is 16.5. The molecule has 0 radical (unpaired) electrons. The number of nitrogens with one attached hydrogen (secondary N) is 1. The number of hydrogen-bond acceptors (Lipinski definition) is 5. The van der Waals surface area contributed by atoms with Crippen LogP contribution < -0.4 is 9.47 Å². The molecule has 1 atom stereocenters. The first-order chi connectivity index (χ1) is 15.5. The molecule has 1 fully saturated rings. The molecule has 1 saturated heterocycles. The van der Waals surface area contributed by atoms with Crippen LogP contribution in [0.2, 0.25) is 0 Å². The number of carbonyl (C=O) groups is 2. The van der Waals surface area contributed by atoms with E-state index in [4.69, 9.17) is 9.47 Å². The Kier molecular flexibility index (Phi) is 4.65. The number of para-hydroxylation sites is 2. The lowest BCUT2D eigenvalue weighted by atomic mass is 9.83. The fourth-order valence-electron chi connectivity index (χ4n) is 4.83. The molecule has 0 spiro atoms. The van der Waals surface area contributed by atoms with E-state index in [1.165, 1.54) is 11.2 Å². The summed E-state index contributed by atoms with van der Waals surface area (Å²) in [7, 11) is 3.10. The van der Waals surface area contributed by atoms with E-state index in [-0.39, 0.29) is 18.4 Å². The van der Waals surface area contributed by atoms with Crippen molar-refractivity contribution in [1.29, 1.82) is 0 Å². The van der Waals surface area contributed by atoms with E-state index in [9.17, 15) is 9.59 Å². The Morgan fingerprint density at radius 3 is 2.69 bits per heavy atom. The van der Waals surface area contributed by atoms with Gasteiger partial charge in [-0.3, -0.25) is 9.59 Å². The van der Waals surface area contributed by atoms with Gasteiger partial charge in [0.25, 0.3) is 5.91 Å². The summed E-state index contributed by atoms with van der Waals surface area (Å²) in [5.74, 6) is 0.692. The molecule has 0 unspecified atom stereocenters. The van der Waals surface area contributed by atoms with E-state index in [1.54, 1.807) is 32.1 Å². The topological polar surface area (TPSA) is 87.2 Å². The molecule has 1 aromatic heterocycles. The summed E-state index contributed by atoms with van der Waals surface area (Å²) in [6.45, 7) is 2.19. The molecule has 164 valence electrons. The van der Waals surface area contributed by atoms with Gasteiger partial charge in [-0.05, 0) is 37.1 Å². The number of ether oxygens (including phenoxy) is 2. The SMILES string of the molecule is COc1cccc(C=NN2CC(=O)N3CCc4c([nH]c5ccccc45)[C@]3(C)C2=O)c1OC. The number of amides is 2. The molecule has 2 aromatic carbocycles. The third kappa shape index (κ3) is 2.79. The fraction of sp³-hybridized carbons (Fsp3) is 0.292. The molecule has 8 nitrogen and oxygen atoms in total. The van der Waals surface area contributed by atoms with Gasteiger partial charge < -0.3 is 19.4 Å². The first-order valence-electron chi connectivity index (χ1n) is 10.5. The minimum Gasteiger partial charge on any atom is -0.493 e. The van der Waals surface area contributed by atoms with Crippen LogP contribution in [0, 0.1) is 0 Å². The predicted octanol–water partition coefficient (Wildman–Crippen LogP) is 2.66. The van der Waals surface area contributed by atoms with Crippen molar-refractivity contribution in [3.63, 3.8) is 0 Å². The van der Waals surface area contributed by atoms with Crippen LogP contribution in [0.3, 0.4) is 0 Å². The highest BCUT2D eigenvalue weighted by molar-refractivity contribution is 6.01. The molecule has 5 rings (SSSR count). The van der Waals surface area contributed by atoms with Gasteiger partial charge in [-0.1, -0.05) is 24.3 Å². The Morgan fingerprint density at radius 1 is 1.09 bits per heavy atom. The molecule has 0 bridgehead atoms. The molecule has 8 heteroatoms. The number of carbonyl (C=O) groups excluding carboxylic acids is 2. The Balaban J connectivity index is 1.55. The standard InChI is InChI=1S/C24H24N4O4/c1-24-22-17(16-8-4-5-9-18(16)26-22)11-12-27(24)20(29)14-28(23(24)30)25-13-15-7-6-10-19(31-2)21(15)32-3/h4-10,13,26H,11-12,14H2,1-3H3/t24-/m1/s1. The van der Waals surface area contributed by atoms with E-state index >= 15 is 0 Å². The van der Waals surface area contributed by atoms with Crippen molar-refractivity contribution in [2.24, 2.45) is 5.10 Å². The summed E-state index contributed by atoms with van der Waals surface area (Å²) < 4.78 is 10.8. The van der Waals surface area contributed by atoms with Gasteiger partial charge in [0.15, 0.2) is 17.0 Å². The van der Waals surface area contributed by atoms with Crippen LogP contribution in [0.4, 0.5) is 0 Å². The first-order valence-corrected chi connectivity index (χ1v) is 10.5. The monoisotopic (exact) mass is 432 g/mol. The number of H-pyrrole nitrogens is 1. The summed E-state index contributed by atoms with van der Waals surface area (Å²) in [5, 5.41) is 6.73. The molecule has 2 amide bonds. The highest BCUT2D eigenvalue weighted by Gasteiger charge is 2.54. The van der Waals surface area contributed by atoms with Gasteiger partial charge in [-0.25, -0.2) is 5.01 Å². The second kappa shape index (κ2) is 7.40. The lowest BCUT2D eigenvalue weighted by Crippen LogP contribution is -2.65. The zero-order valence-electron chi connectivity index (χ0n) is 18.2. The maximum absolute atomic E-state index is 13.7. The summed E-state index contributed by atoms with van der Waals surface area (Å²) in [4.78, 5) is 31.8. The molecule has 32 heavy (non-hydrogen) atoms. The van der Waals surface area contributed by atoms with E-state index in [0.717, 1.165) is 22.2 Å². The molecular weight excluding hydrogens is 408 g/mol. The quantitative estimate of drug-likeness (QED) is 0.642.